The van der Waals surface area contributed by atoms with E-state index in [-0.39, 0.29) is 0 Å². The van der Waals surface area contributed by atoms with Crippen LogP contribution in [0.15, 0.2) is 168 Å². The van der Waals surface area contributed by atoms with E-state index >= 15 is 0 Å². The van der Waals surface area contributed by atoms with Crippen LogP contribution < -0.4 is 0 Å². The van der Waals surface area contributed by atoms with Crippen LogP contribution in [0.3, 0.4) is 0 Å². The van der Waals surface area contributed by atoms with Crippen LogP contribution in [0.4, 0.5) is 0 Å². The molecule has 0 bridgehead atoms. The van der Waals surface area contributed by atoms with Crippen LogP contribution in [0.1, 0.15) is 0 Å². The number of benzene rings is 7. The summed E-state index contributed by atoms with van der Waals surface area (Å²) in [6.07, 6.45) is 0. The fraction of sp³-hybridized carbons (Fsp3) is 0. The van der Waals surface area contributed by atoms with Gasteiger partial charge in [-0.05, 0) is 52.6 Å². The highest BCUT2D eigenvalue weighted by molar-refractivity contribution is 7.25. The number of nitrogens with zero attached hydrogens (tertiary/aromatic N) is 3. The van der Waals surface area contributed by atoms with Crippen molar-refractivity contribution in [2.24, 2.45) is 0 Å². The summed E-state index contributed by atoms with van der Waals surface area (Å²) in [6, 6.07) is 57.0. The maximum atomic E-state index is 6.39. The fourth-order valence-electron chi connectivity index (χ4n) is 6.85. The molecule has 0 unspecified atom stereocenters. The molecule has 0 fully saturated rings. The third kappa shape index (κ3) is 4.87. The van der Waals surface area contributed by atoms with Crippen molar-refractivity contribution < 1.29 is 4.42 Å². The first-order chi connectivity index (χ1) is 24.7. The maximum Gasteiger partial charge on any atom is 0.167 e. The van der Waals surface area contributed by atoms with Gasteiger partial charge in [0.25, 0.3) is 0 Å². The first-order valence-electron chi connectivity index (χ1n) is 16.6. The summed E-state index contributed by atoms with van der Waals surface area (Å²) >= 11 is 1.79. The van der Waals surface area contributed by atoms with Gasteiger partial charge in [0.05, 0.1) is 5.56 Å². The van der Waals surface area contributed by atoms with Crippen LogP contribution in [0.5, 0.6) is 0 Å². The Hall–Kier alpha value is -6.43. The molecule has 0 aliphatic carbocycles. The second-order valence-electron chi connectivity index (χ2n) is 12.4. The van der Waals surface area contributed by atoms with Gasteiger partial charge in [0.1, 0.15) is 11.2 Å². The minimum atomic E-state index is 0.581. The van der Waals surface area contributed by atoms with Crippen LogP contribution in [0.25, 0.3) is 98.5 Å². The smallest absolute Gasteiger partial charge is 0.167 e. The summed E-state index contributed by atoms with van der Waals surface area (Å²) in [5.41, 5.74) is 9.18. The van der Waals surface area contributed by atoms with E-state index in [1.165, 1.54) is 42.4 Å². The van der Waals surface area contributed by atoms with Crippen molar-refractivity contribution in [3.63, 3.8) is 0 Å². The average Bonchev–Trinajstić information content (AvgIpc) is 3.76. The zero-order valence-corrected chi connectivity index (χ0v) is 27.6. The number of aromatic nitrogens is 3. The Kier molecular flexibility index (Phi) is 6.64. The second-order valence-corrected chi connectivity index (χ2v) is 13.5. The van der Waals surface area contributed by atoms with Gasteiger partial charge < -0.3 is 4.42 Å². The van der Waals surface area contributed by atoms with E-state index in [9.17, 15) is 0 Å². The number of hydrogen-bond acceptors (Lipinski definition) is 5. The Labute approximate surface area is 292 Å². The Bertz CT molecular complexity index is 2860. The number of thiophene rings is 1. The maximum absolute atomic E-state index is 6.39. The van der Waals surface area contributed by atoms with Crippen LogP contribution in [0, 0.1) is 0 Å². The molecule has 10 rings (SSSR count). The monoisotopic (exact) mass is 657 g/mol. The van der Waals surface area contributed by atoms with Crippen molar-refractivity contribution in [1.29, 1.82) is 0 Å². The van der Waals surface area contributed by atoms with E-state index < -0.39 is 0 Å². The number of fused-ring (bicyclic) bond motifs is 6. The number of furan rings is 1. The topological polar surface area (TPSA) is 51.8 Å². The van der Waals surface area contributed by atoms with E-state index in [1.807, 2.05) is 60.7 Å². The first-order valence-corrected chi connectivity index (χ1v) is 17.4. The third-order valence-corrected chi connectivity index (χ3v) is 10.5. The molecule has 0 spiro atoms. The molecule has 234 valence electrons. The third-order valence-electron chi connectivity index (χ3n) is 9.37. The van der Waals surface area contributed by atoms with Gasteiger partial charge in [-0.2, -0.15) is 0 Å². The van der Waals surface area contributed by atoms with Crippen molar-refractivity contribution in [2.75, 3.05) is 0 Å². The van der Waals surface area contributed by atoms with E-state index in [2.05, 4.69) is 103 Å². The number of hydrogen-bond donors (Lipinski definition) is 0. The van der Waals surface area contributed by atoms with Crippen LogP contribution >= 0.6 is 11.3 Å². The molecule has 10 aromatic rings. The molecule has 0 amide bonds. The summed E-state index contributed by atoms with van der Waals surface area (Å²) < 4.78 is 8.83. The summed E-state index contributed by atoms with van der Waals surface area (Å²) in [5.74, 6) is 1.83. The predicted octanol–water partition coefficient (Wildman–Crippen LogP) is 12.5. The van der Waals surface area contributed by atoms with Gasteiger partial charge in [-0.3, -0.25) is 0 Å². The molecule has 0 aliphatic rings. The fourth-order valence-corrected chi connectivity index (χ4v) is 7.97. The van der Waals surface area contributed by atoms with Crippen LogP contribution in [0.2, 0.25) is 0 Å². The van der Waals surface area contributed by atoms with Gasteiger partial charge in [0, 0.05) is 42.1 Å². The SMILES string of the molecule is c1ccc(-c2ccc(-c3ccc4sc5cc(-c6nc(-c7ccccc7)nc(-c7cccc8c7oc7ccccc78)n6)ccc5c4c3)cc2)cc1. The van der Waals surface area contributed by atoms with Crippen molar-refractivity contribution >= 4 is 53.4 Å². The van der Waals surface area contributed by atoms with Gasteiger partial charge in [-0.15, -0.1) is 11.3 Å². The highest BCUT2D eigenvalue weighted by atomic mass is 32.1. The Morgan fingerprint density at radius 2 is 0.960 bits per heavy atom. The highest BCUT2D eigenvalue weighted by Crippen LogP contribution is 2.40. The lowest BCUT2D eigenvalue weighted by atomic mass is 9.99. The molecule has 50 heavy (non-hydrogen) atoms. The standard InChI is InChI=1S/C45H27N3OS/c1-3-10-28(11-4-1)29-18-20-30(21-19-29)32-23-25-40-38(26-32)35-24-22-33(27-41(35)50-40)44-46-43(31-12-5-2-6-13-31)47-45(48-44)37-16-9-15-36-34-14-7-8-17-39(34)49-42(36)37/h1-27H. The highest BCUT2D eigenvalue weighted by Gasteiger charge is 2.18. The van der Waals surface area contributed by atoms with Crippen molar-refractivity contribution in [3.05, 3.63) is 164 Å². The van der Waals surface area contributed by atoms with E-state index in [0.29, 0.717) is 17.5 Å². The zero-order valence-electron chi connectivity index (χ0n) is 26.7. The molecule has 0 atom stereocenters. The van der Waals surface area contributed by atoms with Crippen molar-refractivity contribution in [3.8, 4) is 56.4 Å². The molecule has 0 radical (unpaired) electrons. The Morgan fingerprint density at radius 3 is 1.76 bits per heavy atom. The summed E-state index contributed by atoms with van der Waals surface area (Å²) in [4.78, 5) is 15.1. The molecule has 7 aromatic carbocycles. The molecular weight excluding hydrogens is 631 g/mol. The molecule has 5 heteroatoms. The van der Waals surface area contributed by atoms with Crippen molar-refractivity contribution in [1.82, 2.24) is 15.0 Å². The molecule has 3 aromatic heterocycles. The van der Waals surface area contributed by atoms with Gasteiger partial charge in [0.2, 0.25) is 0 Å². The molecule has 0 saturated carbocycles. The minimum absolute atomic E-state index is 0.581. The predicted molar refractivity (Wildman–Crippen MR) is 207 cm³/mol. The molecular formula is C45H27N3OS. The lowest BCUT2D eigenvalue weighted by molar-refractivity contribution is 0.669. The molecule has 0 aliphatic heterocycles. The summed E-state index contributed by atoms with van der Waals surface area (Å²) in [7, 11) is 0. The van der Waals surface area contributed by atoms with Gasteiger partial charge in [-0.1, -0.05) is 133 Å². The Balaban J connectivity index is 1.08. The molecule has 4 nitrogen and oxygen atoms in total. The van der Waals surface area contributed by atoms with Gasteiger partial charge >= 0.3 is 0 Å². The first kappa shape index (κ1) is 28.6. The number of rotatable bonds is 5. The largest absolute Gasteiger partial charge is 0.455 e. The van der Waals surface area contributed by atoms with E-state index in [0.717, 1.165) is 38.6 Å². The van der Waals surface area contributed by atoms with Crippen molar-refractivity contribution in [2.45, 2.75) is 0 Å². The quantitative estimate of drug-likeness (QED) is 0.185. The van der Waals surface area contributed by atoms with Gasteiger partial charge in [-0.25, -0.2) is 15.0 Å². The van der Waals surface area contributed by atoms with E-state index in [1.54, 1.807) is 11.3 Å². The molecule has 3 heterocycles. The molecule has 0 saturated heterocycles. The summed E-state index contributed by atoms with van der Waals surface area (Å²) in [6.45, 7) is 0. The second kappa shape index (κ2) is 11.6. The Morgan fingerprint density at radius 1 is 0.360 bits per heavy atom. The lowest BCUT2D eigenvalue weighted by Gasteiger charge is -2.09. The summed E-state index contributed by atoms with van der Waals surface area (Å²) in [5, 5.41) is 4.59. The lowest BCUT2D eigenvalue weighted by Crippen LogP contribution is -2.00. The average molecular weight is 658 g/mol. The minimum Gasteiger partial charge on any atom is -0.455 e. The van der Waals surface area contributed by atoms with Crippen LogP contribution in [-0.4, -0.2) is 15.0 Å². The van der Waals surface area contributed by atoms with E-state index in [4.69, 9.17) is 19.4 Å². The van der Waals surface area contributed by atoms with Crippen LogP contribution in [-0.2, 0) is 0 Å². The molecule has 0 N–H and O–H groups in total. The normalized spacial score (nSPS) is 11.6. The van der Waals surface area contributed by atoms with Gasteiger partial charge in [0.15, 0.2) is 17.5 Å². The zero-order chi connectivity index (χ0) is 33.0. The number of para-hydroxylation sites is 2.